The van der Waals surface area contributed by atoms with Gasteiger partial charge in [0.15, 0.2) is 0 Å². The van der Waals surface area contributed by atoms with Crippen LogP contribution in [0, 0.1) is 0 Å². The molecule has 0 aliphatic heterocycles. The average Bonchev–Trinajstić information content (AvgIpc) is 2.10. The predicted octanol–water partition coefficient (Wildman–Crippen LogP) is 2.59. The summed E-state index contributed by atoms with van der Waals surface area (Å²) in [5, 5.41) is 5.00. The summed E-state index contributed by atoms with van der Waals surface area (Å²) in [6, 6.07) is 4.54. The first-order valence-electron chi connectivity index (χ1n) is 4.19. The predicted molar refractivity (Wildman–Crippen MR) is 62.3 cm³/mol. The van der Waals surface area contributed by atoms with Crippen LogP contribution in [0.3, 0.4) is 0 Å². The van der Waals surface area contributed by atoms with Crippen molar-refractivity contribution in [1.29, 1.82) is 0 Å². The highest BCUT2D eigenvalue weighted by atomic mass is 35.5. The number of nitrogens with zero attached hydrogens (tertiary/aromatic N) is 1. The Kier molecular flexibility index (Phi) is 4.20. The van der Waals surface area contributed by atoms with E-state index in [-0.39, 0.29) is 6.03 Å². The zero-order valence-corrected chi connectivity index (χ0v) is 9.86. The minimum Gasteiger partial charge on any atom is -0.307 e. The molecule has 0 atom stereocenters. The smallest absolute Gasteiger partial charge is 0.307 e. The lowest BCUT2D eigenvalue weighted by Crippen LogP contribution is -2.39. The third-order valence-electron chi connectivity index (χ3n) is 1.50. The maximum atomic E-state index is 11.3. The lowest BCUT2D eigenvalue weighted by molar-refractivity contribution is 0.224. The summed E-state index contributed by atoms with van der Waals surface area (Å²) in [6.45, 7) is 0. The molecule has 0 spiro atoms. The van der Waals surface area contributed by atoms with Gasteiger partial charge in [-0.2, -0.15) is 0 Å². The molecular formula is C9H11Cl2N3O. The van der Waals surface area contributed by atoms with Crippen molar-refractivity contribution in [3.8, 4) is 0 Å². The number of anilines is 1. The Labute approximate surface area is 98.1 Å². The number of nitrogens with one attached hydrogen (secondary N) is 2. The fraction of sp³-hybridized carbons (Fsp3) is 0.222. The van der Waals surface area contributed by atoms with Gasteiger partial charge in [0.05, 0.1) is 10.0 Å². The lowest BCUT2D eigenvalue weighted by Gasteiger charge is -2.12. The van der Waals surface area contributed by atoms with Gasteiger partial charge in [-0.1, -0.05) is 23.2 Å². The van der Waals surface area contributed by atoms with E-state index in [2.05, 4.69) is 10.7 Å². The van der Waals surface area contributed by atoms with Gasteiger partial charge in [-0.05, 0) is 18.2 Å². The zero-order chi connectivity index (χ0) is 11.4. The summed E-state index contributed by atoms with van der Waals surface area (Å²) < 4.78 is 0. The second-order valence-electron chi connectivity index (χ2n) is 3.09. The molecule has 1 aromatic carbocycles. The van der Waals surface area contributed by atoms with Crippen LogP contribution < -0.4 is 10.7 Å². The van der Waals surface area contributed by atoms with Crippen molar-refractivity contribution in [3.05, 3.63) is 28.2 Å². The molecule has 0 saturated carbocycles. The molecular weight excluding hydrogens is 237 g/mol. The molecule has 0 bridgehead atoms. The summed E-state index contributed by atoms with van der Waals surface area (Å²) in [5.74, 6) is 0. The summed E-state index contributed by atoms with van der Waals surface area (Å²) in [6.07, 6.45) is 0. The van der Waals surface area contributed by atoms with Crippen molar-refractivity contribution < 1.29 is 4.79 Å². The summed E-state index contributed by atoms with van der Waals surface area (Å²) in [7, 11) is 3.43. The maximum Gasteiger partial charge on any atom is 0.333 e. The zero-order valence-electron chi connectivity index (χ0n) is 8.34. The van der Waals surface area contributed by atoms with Crippen molar-refractivity contribution in [1.82, 2.24) is 10.4 Å². The van der Waals surface area contributed by atoms with Gasteiger partial charge < -0.3 is 5.32 Å². The number of carbonyl (C=O) groups is 1. The Morgan fingerprint density at radius 1 is 1.27 bits per heavy atom. The highest BCUT2D eigenvalue weighted by molar-refractivity contribution is 6.42. The monoisotopic (exact) mass is 247 g/mol. The van der Waals surface area contributed by atoms with Crippen LogP contribution in [0.2, 0.25) is 10.0 Å². The molecule has 0 aliphatic rings. The largest absolute Gasteiger partial charge is 0.333 e. The van der Waals surface area contributed by atoms with E-state index in [0.717, 1.165) is 0 Å². The van der Waals surface area contributed by atoms with Crippen LogP contribution in [0.1, 0.15) is 0 Å². The van der Waals surface area contributed by atoms with Gasteiger partial charge in [0, 0.05) is 19.8 Å². The van der Waals surface area contributed by atoms with Crippen LogP contribution >= 0.6 is 23.2 Å². The minimum absolute atomic E-state index is 0.335. The van der Waals surface area contributed by atoms with Gasteiger partial charge in [-0.25, -0.2) is 9.80 Å². The number of amides is 2. The van der Waals surface area contributed by atoms with Crippen molar-refractivity contribution in [2.75, 3.05) is 19.4 Å². The van der Waals surface area contributed by atoms with Crippen LogP contribution in [-0.4, -0.2) is 25.1 Å². The van der Waals surface area contributed by atoms with E-state index in [0.29, 0.717) is 15.7 Å². The van der Waals surface area contributed by atoms with Crippen LogP contribution in [0.15, 0.2) is 18.2 Å². The Bertz CT molecular complexity index is 368. The third-order valence-corrected chi connectivity index (χ3v) is 2.24. The minimum atomic E-state index is -0.335. The number of hydrogen-bond donors (Lipinski definition) is 2. The Morgan fingerprint density at radius 2 is 1.93 bits per heavy atom. The molecule has 1 aromatic rings. The highest BCUT2D eigenvalue weighted by Crippen LogP contribution is 2.24. The number of benzene rings is 1. The molecule has 0 aromatic heterocycles. The van der Waals surface area contributed by atoms with Gasteiger partial charge in [-0.15, -0.1) is 0 Å². The SMILES string of the molecule is CN(C)NC(=O)Nc1ccc(Cl)c(Cl)c1. The van der Waals surface area contributed by atoms with Crippen LogP contribution in [0.5, 0.6) is 0 Å². The molecule has 6 heteroatoms. The lowest BCUT2D eigenvalue weighted by atomic mass is 10.3. The van der Waals surface area contributed by atoms with E-state index in [1.807, 2.05) is 0 Å². The second kappa shape index (κ2) is 5.21. The first-order chi connectivity index (χ1) is 6.99. The highest BCUT2D eigenvalue weighted by Gasteiger charge is 2.04. The van der Waals surface area contributed by atoms with E-state index in [9.17, 15) is 4.79 Å². The van der Waals surface area contributed by atoms with E-state index in [1.165, 1.54) is 5.01 Å². The summed E-state index contributed by atoms with van der Waals surface area (Å²) >= 11 is 11.5. The van der Waals surface area contributed by atoms with Crippen molar-refractivity contribution >= 4 is 34.9 Å². The molecule has 82 valence electrons. The molecule has 2 N–H and O–H groups in total. The van der Waals surface area contributed by atoms with Gasteiger partial charge >= 0.3 is 6.03 Å². The number of carbonyl (C=O) groups excluding carboxylic acids is 1. The number of halogens is 2. The van der Waals surface area contributed by atoms with Gasteiger partial charge in [-0.3, -0.25) is 5.43 Å². The van der Waals surface area contributed by atoms with Crippen molar-refractivity contribution in [3.63, 3.8) is 0 Å². The molecule has 0 heterocycles. The van der Waals surface area contributed by atoms with Gasteiger partial charge in [0.2, 0.25) is 0 Å². The van der Waals surface area contributed by atoms with E-state index in [1.54, 1.807) is 32.3 Å². The van der Waals surface area contributed by atoms with E-state index < -0.39 is 0 Å². The number of urea groups is 1. The van der Waals surface area contributed by atoms with Gasteiger partial charge in [0.25, 0.3) is 0 Å². The molecule has 0 saturated heterocycles. The Morgan fingerprint density at radius 3 is 2.47 bits per heavy atom. The fourth-order valence-electron chi connectivity index (χ4n) is 0.936. The molecule has 2 amide bonds. The van der Waals surface area contributed by atoms with Gasteiger partial charge in [0.1, 0.15) is 0 Å². The number of rotatable bonds is 2. The fourth-order valence-corrected chi connectivity index (χ4v) is 1.23. The Hall–Kier alpha value is -0.970. The van der Waals surface area contributed by atoms with Crippen molar-refractivity contribution in [2.24, 2.45) is 0 Å². The average molecular weight is 248 g/mol. The maximum absolute atomic E-state index is 11.3. The first-order valence-corrected chi connectivity index (χ1v) is 4.94. The van der Waals surface area contributed by atoms with E-state index in [4.69, 9.17) is 23.2 Å². The van der Waals surface area contributed by atoms with Crippen molar-refractivity contribution in [2.45, 2.75) is 0 Å². The van der Waals surface area contributed by atoms with Crippen LogP contribution in [-0.2, 0) is 0 Å². The molecule has 0 fully saturated rings. The summed E-state index contributed by atoms with van der Waals surface area (Å²) in [4.78, 5) is 11.3. The number of hydrazine groups is 1. The number of hydrogen-bond acceptors (Lipinski definition) is 2. The molecule has 15 heavy (non-hydrogen) atoms. The van der Waals surface area contributed by atoms with Crippen LogP contribution in [0.25, 0.3) is 0 Å². The standard InChI is InChI=1S/C9H11Cl2N3O/c1-14(2)13-9(15)12-6-3-4-7(10)8(11)5-6/h3-5H,1-2H3,(H2,12,13,15). The molecule has 4 nitrogen and oxygen atoms in total. The topological polar surface area (TPSA) is 44.4 Å². The molecule has 0 unspecified atom stereocenters. The molecule has 0 aliphatic carbocycles. The quantitative estimate of drug-likeness (QED) is 0.790. The molecule has 0 radical (unpaired) electrons. The first kappa shape index (κ1) is 12.1. The van der Waals surface area contributed by atoms with E-state index >= 15 is 0 Å². The molecule has 1 rings (SSSR count). The van der Waals surface area contributed by atoms with Crippen LogP contribution in [0.4, 0.5) is 10.5 Å². The normalized spacial score (nSPS) is 10.2. The summed E-state index contributed by atoms with van der Waals surface area (Å²) in [5.41, 5.74) is 3.12. The second-order valence-corrected chi connectivity index (χ2v) is 3.90. The Balaban J connectivity index is 2.65. The third kappa shape index (κ3) is 3.95.